The number of carbonyl (C=O) groups excluding carboxylic acids is 1. The highest BCUT2D eigenvalue weighted by Crippen LogP contribution is 2.30. The van der Waals surface area contributed by atoms with E-state index in [-0.39, 0.29) is 25.9 Å². The van der Waals surface area contributed by atoms with Gasteiger partial charge in [-0.05, 0) is 209 Å². The third-order valence-electron chi connectivity index (χ3n) is 17.3. The normalized spacial score (nSPS) is 12.6. The molecular weight excluding hydrogens is 2050 g/mol. The van der Waals surface area contributed by atoms with E-state index in [2.05, 4.69) is 32.3 Å². The Morgan fingerprint density at radius 1 is 0.410 bits per heavy atom. The van der Waals surface area contributed by atoms with Crippen molar-refractivity contribution in [3.8, 4) is 11.5 Å². The number of aromatic nitrogens is 1. The van der Waals surface area contributed by atoms with Crippen LogP contribution in [0.5, 0.6) is 11.5 Å². The number of thiophene rings is 1. The van der Waals surface area contributed by atoms with Crippen LogP contribution in [0.25, 0.3) is 0 Å². The summed E-state index contributed by atoms with van der Waals surface area (Å²) in [5.41, 5.74) is 65.6. The number of ether oxygens (including phenoxy) is 2. The average Bonchev–Trinajstić information content (AvgIpc) is 0.855. The predicted octanol–water partition coefficient (Wildman–Crippen LogP) is 8.46. The van der Waals surface area contributed by atoms with Crippen LogP contribution in [0.4, 0.5) is 17.6 Å². The largest absolute Gasteiger partial charge is 0.505 e. The molecule has 0 bridgehead atoms. The van der Waals surface area contributed by atoms with Gasteiger partial charge in [-0.1, -0.05) is 156 Å². The van der Waals surface area contributed by atoms with E-state index < -0.39 is 161 Å². The van der Waals surface area contributed by atoms with Crippen molar-refractivity contribution in [1.82, 2.24) is 4.98 Å². The number of alkyl halides is 3. The molecule has 0 spiro atoms. The van der Waals surface area contributed by atoms with Crippen molar-refractivity contribution in [1.29, 1.82) is 0 Å². The third-order valence-corrected chi connectivity index (χ3v) is 20.4. The smallest absolute Gasteiger partial charge is 0.416 e. The molecule has 0 saturated carbocycles. The fourth-order valence-corrected chi connectivity index (χ4v) is 12.0. The van der Waals surface area contributed by atoms with Gasteiger partial charge in [0.25, 0.3) is 0 Å². The van der Waals surface area contributed by atoms with E-state index in [1.165, 1.54) is 46.9 Å². The summed E-state index contributed by atoms with van der Waals surface area (Å²) in [4.78, 5) is 129. The molecule has 0 unspecified atom stereocenters. The van der Waals surface area contributed by atoms with Gasteiger partial charge in [-0.25, -0.2) is 19.0 Å². The number of nitrogens with two attached hydrogens (primary N) is 11. The van der Waals surface area contributed by atoms with E-state index in [9.17, 15) is 75.1 Å². The minimum absolute atomic E-state index is 0.00741. The molecule has 0 fully saturated rings. The fraction of sp³-hybridized carbons (Fsp3) is 0.264. The van der Waals surface area contributed by atoms with Crippen LogP contribution >= 0.6 is 80.1 Å². The highest BCUT2D eigenvalue weighted by molar-refractivity contribution is 14.1. The number of hydrogen-bond acceptors (Lipinski definition) is 29. The molecule has 0 radical (unpaired) electrons. The van der Waals surface area contributed by atoms with Crippen LogP contribution in [0, 0.1) is 9.39 Å². The van der Waals surface area contributed by atoms with E-state index in [0.717, 1.165) is 65.9 Å². The van der Waals surface area contributed by atoms with Crippen LogP contribution < -0.4 is 67.8 Å². The van der Waals surface area contributed by atoms with E-state index in [4.69, 9.17) is 164 Å². The number of rotatable bonds is 33. The summed E-state index contributed by atoms with van der Waals surface area (Å²) in [6.07, 6.45) is -2.01. The number of carboxylic acids is 11. The molecule has 0 saturated heterocycles. The minimum atomic E-state index is -4.38. The van der Waals surface area contributed by atoms with Gasteiger partial charge in [0, 0.05) is 41.7 Å². The summed E-state index contributed by atoms with van der Waals surface area (Å²) in [6.45, 7) is 1.71. The number of thiazole rings is 1. The van der Waals surface area contributed by atoms with Gasteiger partial charge >= 0.3 is 77.8 Å². The summed E-state index contributed by atoms with van der Waals surface area (Å²) in [5.74, 6) is -13.0. The fourth-order valence-electron chi connectivity index (χ4n) is 9.73. The quantitative estimate of drug-likeness (QED) is 0.00793. The molecule has 10 aromatic rings. The van der Waals surface area contributed by atoms with Gasteiger partial charge in [-0.3, -0.25) is 47.9 Å². The van der Waals surface area contributed by atoms with Crippen molar-refractivity contribution in [3.05, 3.63) is 308 Å². The maximum absolute atomic E-state index is 12.8. The highest BCUT2D eigenvalue weighted by atomic mass is 127. The Morgan fingerprint density at radius 3 is 1.16 bits per heavy atom. The third kappa shape index (κ3) is 57.3. The number of aliphatic carboxylic acids is 11. The molecule has 2 aromatic heterocycles. The van der Waals surface area contributed by atoms with Gasteiger partial charge in [-0.15, -0.1) is 22.7 Å². The molecule has 0 aliphatic rings. The zero-order valence-corrected chi connectivity index (χ0v) is 80.1. The summed E-state index contributed by atoms with van der Waals surface area (Å²) in [7, 11) is 1.58. The van der Waals surface area contributed by atoms with Crippen molar-refractivity contribution in [2.45, 2.75) is 137 Å². The number of nitrogens with zero attached hydrogens (tertiary/aromatic N) is 1. The standard InChI is InChI=1S/C10H10F3NO2.C10H13NO3.3C9H10ClNO2.C9H10FNO3.C9H10INO2.C8H9NO2.C7H9NO2S.C6H8N2O2S.C5H9NO4/c11-10(12,13)7-3-1-6(2-4-7)5-8(14)9(15)16;1-14-8-4-2-7(3-5-8)6-9(11)10(12)13;10-7-3-1-6(2-4-7)5-8(11)9(12)13;10-7-3-1-2-6(4-7)5-8(11)9(12)13;10-7-4-2-1-3-6(7)5-8(11)9(12)13;10-6-3-5(1-2-8(6)12)4-7(11)9(13)14;10-7-3-1-6(2-4-7)5-8(11)9(12)13;9-7(8(10)11)6-4-2-1-3-5-6;8-6(7(9)10)4-5-2-1-3-11-5;7-5(6(9)10)1-4-2-11-3-8-4;1-2-10-5(9)3(6)4(7)8/h1-4,8H,5,14H2,(H,15,16);2-5,9H,6,11H2,1H3,(H,12,13);3*1-4,8H,5,11H2,(H,12,13);1-3,7,12H,4,11H2,(H,13,14);1-4,8H,5,11H2,(H,12,13);1-5,7H,9H2,(H,10,11);1-3,6H,4,8H2,(H,9,10);2-3,5H,1,7H2,(H,9,10);3H,2,6H2,1H3,(H,7,8)/t8-;9-;3*8-;7-;8-;7-;6-;5-;3-/m00000000001/s1. The van der Waals surface area contributed by atoms with Gasteiger partial charge in [0.15, 0.2) is 11.6 Å². The van der Waals surface area contributed by atoms with Crippen LogP contribution in [0.15, 0.2) is 223 Å². The Bertz CT molecular complexity index is 5290. The Hall–Kier alpha value is -12.8. The van der Waals surface area contributed by atoms with Crippen molar-refractivity contribution >= 4 is 152 Å². The number of aromatic hydroxyl groups is 1. The average molecular weight is 2160 g/mol. The molecule has 2 heterocycles. The molecule has 139 heavy (non-hydrogen) atoms. The zero-order valence-electron chi connectivity index (χ0n) is 74.0. The maximum Gasteiger partial charge on any atom is 0.416 e. The Morgan fingerprint density at radius 2 is 0.791 bits per heavy atom. The number of phenols is 1. The first-order valence-corrected chi connectivity index (χ1v) is 44.2. The first-order valence-electron chi connectivity index (χ1n) is 40.2. The van der Waals surface area contributed by atoms with Crippen molar-refractivity contribution in [2.75, 3.05) is 13.7 Å². The Kier molecular flexibility index (Phi) is 62.0. The van der Waals surface area contributed by atoms with Crippen molar-refractivity contribution in [3.63, 3.8) is 0 Å². The van der Waals surface area contributed by atoms with Gasteiger partial charge in [0.05, 0.1) is 30.5 Å². The molecular formula is C91H108Cl3F4IN12O26S2. The molecule has 0 amide bonds. The molecule has 34 N–H and O–H groups in total. The molecule has 11 atom stereocenters. The van der Waals surface area contributed by atoms with Crippen LogP contribution in [0.1, 0.15) is 73.6 Å². The number of carbonyl (C=O) groups is 12. The molecule has 756 valence electrons. The molecule has 0 aliphatic carbocycles. The molecule has 10 rings (SSSR count). The number of carboxylic acid groups (broad SMARTS) is 11. The second kappa shape index (κ2) is 68.3. The molecule has 48 heteroatoms. The van der Waals surface area contributed by atoms with Gasteiger partial charge in [0.1, 0.15) is 66.2 Å². The lowest BCUT2D eigenvalue weighted by atomic mass is 10.0. The monoisotopic (exact) mass is 2160 g/mol. The minimum Gasteiger partial charge on any atom is -0.505 e. The first kappa shape index (κ1) is 126. The van der Waals surface area contributed by atoms with Gasteiger partial charge in [0.2, 0.25) is 6.04 Å². The topological polar surface area (TPSA) is 765 Å². The SMILES string of the molecule is CCOC(=O)[C@H](N)C(=O)O.COc1ccc(C[C@H](N)C(=O)O)cc1.N[C@@H](Cc1ccc(C(F)(F)F)cc1)C(=O)O.N[C@@H](Cc1ccc(Cl)cc1)C(=O)O.N[C@@H](Cc1ccc(I)cc1)C(=O)O.N[C@@H](Cc1ccc(O)c(F)c1)C(=O)O.N[C@@H](Cc1cccc(Cl)c1)C(=O)O.N[C@@H](Cc1ccccc1Cl)C(=O)O.N[C@@H](Cc1cccs1)C(=O)O.N[C@@H](Cc1cscn1)C(=O)O.N[C@H](C(=O)O)c1ccccc1. The molecule has 38 nitrogen and oxygen atoms in total. The van der Waals surface area contributed by atoms with Gasteiger partial charge in [-0.2, -0.15) is 13.2 Å². The Balaban J connectivity index is 0.00000151. The lowest BCUT2D eigenvalue weighted by Crippen LogP contribution is -2.39. The van der Waals surface area contributed by atoms with E-state index in [0.29, 0.717) is 70.3 Å². The van der Waals surface area contributed by atoms with Crippen molar-refractivity contribution in [2.24, 2.45) is 63.1 Å². The number of esters is 1. The number of hydrogen-bond donors (Lipinski definition) is 23. The maximum atomic E-state index is 12.8. The summed E-state index contributed by atoms with van der Waals surface area (Å²) < 4.78 is 59.8. The summed E-state index contributed by atoms with van der Waals surface area (Å²) in [6, 6.07) is 45.8. The second-order valence-electron chi connectivity index (χ2n) is 28.5. The lowest BCUT2D eigenvalue weighted by molar-refractivity contribution is -0.154. The molecule has 0 aliphatic heterocycles. The molecule has 8 aromatic carbocycles. The second-order valence-corrected chi connectivity index (χ2v) is 32.8. The zero-order chi connectivity index (χ0) is 106. The van der Waals surface area contributed by atoms with E-state index >= 15 is 0 Å². The number of benzene rings is 8. The Labute approximate surface area is 830 Å². The lowest BCUT2D eigenvalue weighted by Gasteiger charge is -2.09. The highest BCUT2D eigenvalue weighted by Gasteiger charge is 2.30. The van der Waals surface area contributed by atoms with Gasteiger partial charge < -0.3 is 134 Å². The van der Waals surface area contributed by atoms with Crippen LogP contribution in [-0.4, -0.2) is 212 Å². The summed E-state index contributed by atoms with van der Waals surface area (Å²) in [5, 5.41) is 108. The number of methoxy groups -OCH3 is 1. The summed E-state index contributed by atoms with van der Waals surface area (Å²) >= 11 is 22.4. The van der Waals surface area contributed by atoms with Crippen LogP contribution in [0.2, 0.25) is 15.1 Å². The number of halogens is 8. The van der Waals surface area contributed by atoms with E-state index in [1.54, 1.807) is 134 Å². The van der Waals surface area contributed by atoms with Crippen LogP contribution in [-0.2, 0) is 126 Å². The van der Waals surface area contributed by atoms with Crippen molar-refractivity contribution < 1.29 is 146 Å². The van der Waals surface area contributed by atoms with E-state index in [1.807, 2.05) is 60.0 Å². The number of phenolic OH excluding ortho intramolecular Hbond substituents is 1. The van der Waals surface area contributed by atoms with Crippen LogP contribution in [0.3, 0.4) is 0 Å². The first-order chi connectivity index (χ1) is 65.0. The predicted molar refractivity (Wildman–Crippen MR) is 520 cm³/mol.